The van der Waals surface area contributed by atoms with E-state index in [9.17, 15) is 4.79 Å². The van der Waals surface area contributed by atoms with Crippen molar-refractivity contribution in [1.29, 1.82) is 0 Å². The van der Waals surface area contributed by atoms with Crippen LogP contribution in [0.5, 0.6) is 0 Å². The number of anilines is 1. The van der Waals surface area contributed by atoms with Gasteiger partial charge in [-0.05, 0) is 26.0 Å². The molecule has 6 heteroatoms. The molecule has 2 aliphatic heterocycles. The zero-order valence-electron chi connectivity index (χ0n) is 15.2. The Labute approximate surface area is 150 Å². The standard InChI is InChI=1S/C19H29N5O/c1-3-10-24-11-8-19(7-6-17(24)25)15-23(13-12-22(19)2)14-16-5-4-9-21-18(16)20/h3-5,9H,1,6-8,10-15H2,2H3,(H2,20,21)/t19-/m1/s1. The number of pyridine rings is 1. The molecule has 1 atom stereocenters. The number of hydrogen-bond acceptors (Lipinski definition) is 5. The molecule has 25 heavy (non-hydrogen) atoms. The maximum atomic E-state index is 12.4. The van der Waals surface area contributed by atoms with E-state index in [4.69, 9.17) is 5.73 Å². The normalized spacial score (nSPS) is 26.0. The van der Waals surface area contributed by atoms with E-state index < -0.39 is 0 Å². The van der Waals surface area contributed by atoms with E-state index in [2.05, 4.69) is 34.5 Å². The summed E-state index contributed by atoms with van der Waals surface area (Å²) in [4.78, 5) is 23.4. The van der Waals surface area contributed by atoms with Crippen molar-refractivity contribution >= 4 is 11.7 Å². The van der Waals surface area contributed by atoms with Crippen molar-refractivity contribution in [1.82, 2.24) is 19.7 Å². The number of aromatic nitrogens is 1. The molecule has 0 unspecified atom stereocenters. The summed E-state index contributed by atoms with van der Waals surface area (Å²) in [5, 5.41) is 0. The molecule has 3 rings (SSSR count). The molecule has 6 nitrogen and oxygen atoms in total. The quantitative estimate of drug-likeness (QED) is 0.836. The molecule has 0 aliphatic carbocycles. The average Bonchev–Trinajstić information content (AvgIpc) is 2.75. The Morgan fingerprint density at radius 1 is 1.36 bits per heavy atom. The van der Waals surface area contributed by atoms with E-state index in [0.29, 0.717) is 18.8 Å². The first-order valence-electron chi connectivity index (χ1n) is 9.06. The molecule has 2 aliphatic rings. The molecule has 1 aromatic rings. The van der Waals surface area contributed by atoms with Crippen molar-refractivity contribution in [3.63, 3.8) is 0 Å². The minimum absolute atomic E-state index is 0.0564. The van der Waals surface area contributed by atoms with E-state index in [-0.39, 0.29) is 11.4 Å². The molecule has 0 saturated carbocycles. The van der Waals surface area contributed by atoms with E-state index >= 15 is 0 Å². The summed E-state index contributed by atoms with van der Waals surface area (Å²) in [5.41, 5.74) is 7.16. The number of likely N-dealkylation sites (tertiary alicyclic amines) is 1. The Hall–Kier alpha value is -1.92. The Bertz CT molecular complexity index is 634. The Kier molecular flexibility index (Phi) is 5.39. The van der Waals surface area contributed by atoms with Crippen molar-refractivity contribution in [2.45, 2.75) is 31.3 Å². The van der Waals surface area contributed by atoms with Crippen LogP contribution in [-0.4, -0.2) is 70.9 Å². The summed E-state index contributed by atoms with van der Waals surface area (Å²) in [7, 11) is 2.20. The average molecular weight is 343 g/mol. The number of carbonyl (C=O) groups excluding carboxylic acids is 1. The maximum absolute atomic E-state index is 12.4. The molecule has 0 bridgehead atoms. The third kappa shape index (κ3) is 3.85. The lowest BCUT2D eigenvalue weighted by molar-refractivity contribution is -0.130. The van der Waals surface area contributed by atoms with Crippen LogP contribution < -0.4 is 5.73 Å². The maximum Gasteiger partial charge on any atom is 0.222 e. The first kappa shape index (κ1) is 17.9. The molecule has 3 heterocycles. The third-order valence-electron chi connectivity index (χ3n) is 5.75. The largest absolute Gasteiger partial charge is 0.383 e. The lowest BCUT2D eigenvalue weighted by atomic mass is 9.86. The minimum Gasteiger partial charge on any atom is -0.383 e. The number of rotatable bonds is 4. The molecule has 1 amide bonds. The number of piperazine rings is 1. The van der Waals surface area contributed by atoms with Gasteiger partial charge in [0.1, 0.15) is 5.82 Å². The second kappa shape index (κ2) is 7.54. The van der Waals surface area contributed by atoms with Gasteiger partial charge >= 0.3 is 0 Å². The number of nitrogen functional groups attached to an aromatic ring is 1. The molecule has 1 aromatic heterocycles. The molecule has 2 fully saturated rings. The number of amides is 1. The molecular weight excluding hydrogens is 314 g/mol. The molecule has 0 aromatic carbocycles. The number of carbonyl (C=O) groups is 1. The summed E-state index contributed by atoms with van der Waals surface area (Å²) < 4.78 is 0. The van der Waals surface area contributed by atoms with Crippen LogP contribution in [0.1, 0.15) is 24.8 Å². The van der Waals surface area contributed by atoms with E-state index in [0.717, 1.165) is 51.1 Å². The fourth-order valence-electron chi connectivity index (χ4n) is 4.08. The number of hydrogen-bond donors (Lipinski definition) is 1. The zero-order valence-corrected chi connectivity index (χ0v) is 15.2. The monoisotopic (exact) mass is 343 g/mol. The zero-order chi connectivity index (χ0) is 17.9. The Morgan fingerprint density at radius 3 is 2.96 bits per heavy atom. The first-order valence-corrected chi connectivity index (χ1v) is 9.06. The van der Waals surface area contributed by atoms with Crippen LogP contribution >= 0.6 is 0 Å². The van der Waals surface area contributed by atoms with Crippen LogP contribution in [0.3, 0.4) is 0 Å². The molecular formula is C19H29N5O. The van der Waals surface area contributed by atoms with Crippen molar-refractivity contribution in [2.24, 2.45) is 0 Å². The number of nitrogens with zero attached hydrogens (tertiary/aromatic N) is 4. The van der Waals surface area contributed by atoms with Gasteiger partial charge in [-0.25, -0.2) is 4.98 Å². The molecule has 2 saturated heterocycles. The van der Waals surface area contributed by atoms with E-state index in [1.165, 1.54) is 0 Å². The SMILES string of the molecule is C=CCN1CC[C@]2(CCC1=O)CN(Cc1cccnc1N)CCN2C. The fraction of sp³-hybridized carbons (Fsp3) is 0.579. The van der Waals surface area contributed by atoms with Crippen molar-refractivity contribution in [3.8, 4) is 0 Å². The van der Waals surface area contributed by atoms with Gasteiger partial charge < -0.3 is 10.6 Å². The number of likely N-dealkylation sites (N-methyl/N-ethyl adjacent to an activating group) is 1. The van der Waals surface area contributed by atoms with Crippen molar-refractivity contribution < 1.29 is 4.79 Å². The Balaban J connectivity index is 1.72. The summed E-state index contributed by atoms with van der Waals surface area (Å²) in [6, 6.07) is 3.99. The second-order valence-corrected chi connectivity index (χ2v) is 7.28. The van der Waals surface area contributed by atoms with E-state index in [1.54, 1.807) is 6.20 Å². The van der Waals surface area contributed by atoms with Gasteiger partial charge in [-0.3, -0.25) is 14.6 Å². The summed E-state index contributed by atoms with van der Waals surface area (Å²) >= 11 is 0. The van der Waals surface area contributed by atoms with Crippen LogP contribution in [0.15, 0.2) is 31.0 Å². The van der Waals surface area contributed by atoms with Gasteiger partial charge in [0, 0.05) is 63.0 Å². The van der Waals surface area contributed by atoms with Crippen LogP contribution in [0.2, 0.25) is 0 Å². The van der Waals surface area contributed by atoms with Crippen LogP contribution in [-0.2, 0) is 11.3 Å². The highest BCUT2D eigenvalue weighted by atomic mass is 16.2. The van der Waals surface area contributed by atoms with Gasteiger partial charge in [0.25, 0.3) is 0 Å². The van der Waals surface area contributed by atoms with E-state index in [1.807, 2.05) is 17.0 Å². The van der Waals surface area contributed by atoms with Gasteiger partial charge in [0.05, 0.1) is 0 Å². The smallest absolute Gasteiger partial charge is 0.222 e. The first-order chi connectivity index (χ1) is 12.0. The summed E-state index contributed by atoms with van der Waals surface area (Å²) in [6.45, 7) is 9.03. The highest BCUT2D eigenvalue weighted by Crippen LogP contribution is 2.32. The van der Waals surface area contributed by atoms with Gasteiger partial charge in [-0.2, -0.15) is 0 Å². The second-order valence-electron chi connectivity index (χ2n) is 7.28. The minimum atomic E-state index is 0.0564. The van der Waals surface area contributed by atoms with Crippen LogP contribution in [0, 0.1) is 0 Å². The lowest BCUT2D eigenvalue weighted by Gasteiger charge is -2.49. The fourth-order valence-corrected chi connectivity index (χ4v) is 4.08. The topological polar surface area (TPSA) is 65.7 Å². The summed E-state index contributed by atoms with van der Waals surface area (Å²) in [6.07, 6.45) is 6.07. The molecule has 136 valence electrons. The summed E-state index contributed by atoms with van der Waals surface area (Å²) in [5.74, 6) is 0.863. The van der Waals surface area contributed by atoms with Gasteiger partial charge in [0.15, 0.2) is 0 Å². The number of nitrogens with two attached hydrogens (primary N) is 1. The molecule has 0 radical (unpaired) electrons. The van der Waals surface area contributed by atoms with Crippen molar-refractivity contribution in [2.75, 3.05) is 45.5 Å². The van der Waals surface area contributed by atoms with Crippen LogP contribution in [0.25, 0.3) is 0 Å². The molecule has 2 N–H and O–H groups in total. The third-order valence-corrected chi connectivity index (χ3v) is 5.75. The highest BCUT2D eigenvalue weighted by molar-refractivity contribution is 5.76. The van der Waals surface area contributed by atoms with Crippen molar-refractivity contribution in [3.05, 3.63) is 36.5 Å². The van der Waals surface area contributed by atoms with Gasteiger partial charge in [-0.1, -0.05) is 12.1 Å². The highest BCUT2D eigenvalue weighted by Gasteiger charge is 2.42. The predicted octanol–water partition coefficient (Wildman–Crippen LogP) is 1.35. The van der Waals surface area contributed by atoms with Crippen LogP contribution in [0.4, 0.5) is 5.82 Å². The lowest BCUT2D eigenvalue weighted by Crippen LogP contribution is -2.60. The predicted molar refractivity (Wildman–Crippen MR) is 99.9 cm³/mol. The molecule has 1 spiro atoms. The Morgan fingerprint density at radius 2 is 2.20 bits per heavy atom. The van der Waals surface area contributed by atoms with Gasteiger partial charge in [-0.15, -0.1) is 6.58 Å². The van der Waals surface area contributed by atoms with Gasteiger partial charge in [0.2, 0.25) is 5.91 Å².